The first-order valence-corrected chi connectivity index (χ1v) is 8.84. The van der Waals surface area contributed by atoms with Gasteiger partial charge in [-0.2, -0.15) is 0 Å². The maximum absolute atomic E-state index is 11.9. The van der Waals surface area contributed by atoms with E-state index in [1.165, 1.54) is 34.4 Å². The van der Waals surface area contributed by atoms with Gasteiger partial charge < -0.3 is 5.32 Å². The van der Waals surface area contributed by atoms with Gasteiger partial charge in [0.25, 0.3) is 0 Å². The Morgan fingerprint density at radius 2 is 2.25 bits per heavy atom. The highest BCUT2D eigenvalue weighted by molar-refractivity contribution is 8.01. The van der Waals surface area contributed by atoms with Crippen molar-refractivity contribution in [1.29, 1.82) is 0 Å². The van der Waals surface area contributed by atoms with Crippen molar-refractivity contribution in [2.75, 3.05) is 12.3 Å². The van der Waals surface area contributed by atoms with Crippen molar-refractivity contribution in [1.82, 2.24) is 10.3 Å². The van der Waals surface area contributed by atoms with Crippen molar-refractivity contribution in [2.45, 2.75) is 17.7 Å². The molecule has 0 radical (unpaired) electrons. The minimum Gasteiger partial charge on any atom is -0.356 e. The third-order valence-electron chi connectivity index (χ3n) is 2.37. The second-order valence-electron chi connectivity index (χ2n) is 3.92. The molecule has 0 unspecified atom stereocenters. The molecule has 0 aliphatic rings. The van der Waals surface area contributed by atoms with Gasteiger partial charge in [-0.1, -0.05) is 17.8 Å². The molecule has 0 atom stereocenters. The molecule has 20 heavy (non-hydrogen) atoms. The van der Waals surface area contributed by atoms with Crippen molar-refractivity contribution >= 4 is 46.1 Å². The predicted octanol–water partition coefficient (Wildman–Crippen LogP) is 2.86. The van der Waals surface area contributed by atoms with E-state index in [9.17, 15) is 9.59 Å². The van der Waals surface area contributed by atoms with Crippen LogP contribution in [0.5, 0.6) is 0 Å². The van der Waals surface area contributed by atoms with Gasteiger partial charge in [-0.25, -0.2) is 4.98 Å². The summed E-state index contributed by atoms with van der Waals surface area (Å²) in [4.78, 5) is 28.4. The number of hydrogen-bond acceptors (Lipinski definition) is 6. The summed E-state index contributed by atoms with van der Waals surface area (Å²) in [6.07, 6.45) is 0.295. The minimum absolute atomic E-state index is 0.0241. The molecule has 0 saturated carbocycles. The first-order chi connectivity index (χ1) is 9.69. The maximum Gasteiger partial charge on any atom is 0.226 e. The first kappa shape index (κ1) is 15.2. The molecular formula is C13H14N2O2S3. The zero-order valence-corrected chi connectivity index (χ0v) is 13.4. The summed E-state index contributed by atoms with van der Waals surface area (Å²) in [5.74, 6) is 0.476. The molecule has 7 heteroatoms. The molecule has 1 amide bonds. The zero-order valence-electron chi connectivity index (χ0n) is 10.9. The van der Waals surface area contributed by atoms with Crippen LogP contribution in [-0.4, -0.2) is 29.0 Å². The molecule has 0 saturated heterocycles. The Hall–Kier alpha value is -1.18. The van der Waals surface area contributed by atoms with Crippen molar-refractivity contribution in [3.05, 3.63) is 33.5 Å². The summed E-state index contributed by atoms with van der Waals surface area (Å²) >= 11 is 4.35. The molecule has 0 bridgehead atoms. The molecule has 1 N–H and O–H groups in total. The summed E-state index contributed by atoms with van der Waals surface area (Å²) in [6.45, 7) is 2.51. The summed E-state index contributed by atoms with van der Waals surface area (Å²) in [5, 5.41) is 6.50. The van der Waals surface area contributed by atoms with Gasteiger partial charge in [0.2, 0.25) is 5.91 Å². The van der Waals surface area contributed by atoms with Crippen molar-refractivity contribution in [2.24, 2.45) is 0 Å². The molecule has 2 rings (SSSR count). The van der Waals surface area contributed by atoms with E-state index in [-0.39, 0.29) is 11.7 Å². The summed E-state index contributed by atoms with van der Waals surface area (Å²) < 4.78 is 0.828. The molecule has 2 heterocycles. The van der Waals surface area contributed by atoms with Gasteiger partial charge >= 0.3 is 0 Å². The molecule has 106 valence electrons. The number of Topliss-reactive ketones (excluding diaryl/α,β-unsaturated/α-hetero) is 1. The summed E-state index contributed by atoms with van der Waals surface area (Å²) in [7, 11) is 0. The SMILES string of the molecule is CCNC(=O)Cc1csc(SCC(=O)c2cccs2)n1. The number of thiazole rings is 1. The fraction of sp³-hybridized carbons (Fsp3) is 0.308. The van der Waals surface area contributed by atoms with Crippen molar-refractivity contribution in [3.63, 3.8) is 0 Å². The molecule has 2 aromatic heterocycles. The summed E-state index contributed by atoms with van der Waals surface area (Å²) in [5.41, 5.74) is 0.757. The Balaban J connectivity index is 1.84. The maximum atomic E-state index is 11.9. The highest BCUT2D eigenvalue weighted by Crippen LogP contribution is 2.24. The largest absolute Gasteiger partial charge is 0.356 e. The average molecular weight is 326 g/mol. The number of nitrogens with one attached hydrogen (secondary N) is 1. The van der Waals surface area contributed by atoms with Crippen LogP contribution in [0.15, 0.2) is 27.2 Å². The Labute approximate surface area is 129 Å². The molecule has 0 spiro atoms. The van der Waals surface area contributed by atoms with Gasteiger partial charge in [0.15, 0.2) is 10.1 Å². The Kier molecular flexibility index (Phi) is 5.75. The van der Waals surface area contributed by atoms with E-state index < -0.39 is 0 Å². The topological polar surface area (TPSA) is 59.1 Å². The van der Waals surface area contributed by atoms with Crippen LogP contribution in [0.4, 0.5) is 0 Å². The van der Waals surface area contributed by atoms with Crippen LogP contribution in [0.2, 0.25) is 0 Å². The van der Waals surface area contributed by atoms with E-state index in [0.29, 0.717) is 18.7 Å². The monoisotopic (exact) mass is 326 g/mol. The van der Waals surface area contributed by atoms with Gasteiger partial charge in [-0.3, -0.25) is 9.59 Å². The lowest BCUT2D eigenvalue weighted by Crippen LogP contribution is -2.24. The van der Waals surface area contributed by atoms with E-state index in [0.717, 1.165) is 14.9 Å². The first-order valence-electron chi connectivity index (χ1n) is 6.09. The van der Waals surface area contributed by atoms with Gasteiger partial charge in [0.05, 0.1) is 22.7 Å². The lowest BCUT2D eigenvalue weighted by atomic mass is 10.3. The standard InChI is InChI=1S/C13H14N2O2S3/c1-2-14-12(17)6-9-7-19-13(15-9)20-8-10(16)11-4-3-5-18-11/h3-5,7H,2,6,8H2,1H3,(H,14,17). The lowest BCUT2D eigenvalue weighted by Gasteiger charge is -1.98. The minimum atomic E-state index is -0.0241. The molecule has 0 aliphatic carbocycles. The third-order valence-corrected chi connectivity index (χ3v) is 5.35. The van der Waals surface area contributed by atoms with Crippen LogP contribution in [0.25, 0.3) is 0 Å². The van der Waals surface area contributed by atoms with E-state index in [2.05, 4.69) is 10.3 Å². The number of ketones is 1. The normalized spacial score (nSPS) is 10.4. The highest BCUT2D eigenvalue weighted by Gasteiger charge is 2.11. The number of carbonyl (C=O) groups excluding carboxylic acids is 2. The van der Waals surface area contributed by atoms with Crippen LogP contribution in [0.3, 0.4) is 0 Å². The number of aromatic nitrogens is 1. The number of amides is 1. The molecule has 0 fully saturated rings. The van der Waals surface area contributed by atoms with Crippen molar-refractivity contribution in [3.8, 4) is 0 Å². The second-order valence-corrected chi connectivity index (χ2v) is 6.95. The molecular weight excluding hydrogens is 312 g/mol. The molecule has 4 nitrogen and oxygen atoms in total. The molecule has 2 aromatic rings. The van der Waals surface area contributed by atoms with E-state index in [4.69, 9.17) is 0 Å². The van der Waals surface area contributed by atoms with Crippen LogP contribution < -0.4 is 5.32 Å². The number of rotatable bonds is 7. The van der Waals surface area contributed by atoms with Gasteiger partial charge in [-0.15, -0.1) is 22.7 Å². The summed E-state index contributed by atoms with van der Waals surface area (Å²) in [6, 6.07) is 3.70. The number of thioether (sulfide) groups is 1. The van der Waals surface area contributed by atoms with E-state index >= 15 is 0 Å². The van der Waals surface area contributed by atoms with Gasteiger partial charge in [-0.05, 0) is 18.4 Å². The van der Waals surface area contributed by atoms with Gasteiger partial charge in [0.1, 0.15) is 0 Å². The number of hydrogen-bond donors (Lipinski definition) is 1. The second kappa shape index (κ2) is 7.56. The zero-order chi connectivity index (χ0) is 14.4. The predicted molar refractivity (Wildman–Crippen MR) is 83.9 cm³/mol. The van der Waals surface area contributed by atoms with Gasteiger partial charge in [0, 0.05) is 11.9 Å². The van der Waals surface area contributed by atoms with E-state index in [1.54, 1.807) is 0 Å². The highest BCUT2D eigenvalue weighted by atomic mass is 32.2. The third kappa shape index (κ3) is 4.43. The number of likely N-dealkylation sites (N-methyl/N-ethyl adjacent to an activating group) is 1. The molecule has 0 aromatic carbocycles. The Bertz CT molecular complexity index is 578. The Morgan fingerprint density at radius 3 is 2.95 bits per heavy atom. The van der Waals surface area contributed by atoms with Crippen LogP contribution in [-0.2, 0) is 11.2 Å². The fourth-order valence-electron chi connectivity index (χ4n) is 1.50. The quantitative estimate of drug-likeness (QED) is 0.628. The van der Waals surface area contributed by atoms with Crippen LogP contribution >= 0.6 is 34.4 Å². The average Bonchev–Trinajstić information content (AvgIpc) is 3.07. The lowest BCUT2D eigenvalue weighted by molar-refractivity contribution is -0.120. The molecule has 0 aliphatic heterocycles. The fourth-order valence-corrected chi connectivity index (χ4v) is 3.98. The Morgan fingerprint density at radius 1 is 1.40 bits per heavy atom. The number of carbonyl (C=O) groups is 2. The number of nitrogens with zero attached hydrogens (tertiary/aromatic N) is 1. The smallest absolute Gasteiger partial charge is 0.226 e. The van der Waals surface area contributed by atoms with Crippen LogP contribution in [0, 0.1) is 0 Å². The van der Waals surface area contributed by atoms with Crippen molar-refractivity contribution < 1.29 is 9.59 Å². The van der Waals surface area contributed by atoms with Crippen LogP contribution in [0.1, 0.15) is 22.3 Å². The number of thiophene rings is 1. The van der Waals surface area contributed by atoms with E-state index in [1.807, 2.05) is 29.8 Å².